The molecule has 1 atom stereocenters. The van der Waals surface area contributed by atoms with E-state index in [1.165, 1.54) is 4.88 Å². The zero-order valence-corrected chi connectivity index (χ0v) is 16.4. The number of hydrogen-bond acceptors (Lipinski definition) is 5. The number of ether oxygens (including phenoxy) is 1. The van der Waals surface area contributed by atoms with E-state index in [0.29, 0.717) is 23.8 Å². The van der Waals surface area contributed by atoms with Crippen LogP contribution in [0.5, 0.6) is 5.75 Å². The molecule has 2 heterocycles. The summed E-state index contributed by atoms with van der Waals surface area (Å²) in [6.45, 7) is 5.64. The van der Waals surface area contributed by atoms with Crippen LogP contribution >= 0.6 is 11.3 Å². The minimum Gasteiger partial charge on any atom is -0.481 e. The smallest absolute Gasteiger partial charge is 0.260 e. The molecule has 142 valence electrons. The van der Waals surface area contributed by atoms with Crippen LogP contribution in [-0.4, -0.2) is 36.5 Å². The van der Waals surface area contributed by atoms with Crippen molar-refractivity contribution >= 4 is 17.2 Å². The maximum atomic E-state index is 12.3. The highest BCUT2D eigenvalue weighted by molar-refractivity contribution is 7.09. The van der Waals surface area contributed by atoms with Gasteiger partial charge in [0.15, 0.2) is 6.10 Å². The average molecular weight is 384 g/mol. The van der Waals surface area contributed by atoms with E-state index in [4.69, 9.17) is 10.00 Å². The van der Waals surface area contributed by atoms with E-state index in [1.807, 2.05) is 11.3 Å². The average Bonchev–Trinajstić information content (AvgIpc) is 3.21. The number of likely N-dealkylation sites (tertiary alicyclic amines) is 1. The molecular formula is C21H25N3O2S. The zero-order chi connectivity index (χ0) is 19.1. The summed E-state index contributed by atoms with van der Waals surface area (Å²) >= 11 is 1.81. The molecule has 1 amide bonds. The first-order valence-corrected chi connectivity index (χ1v) is 10.2. The lowest BCUT2D eigenvalue weighted by atomic mass is 9.96. The van der Waals surface area contributed by atoms with Crippen molar-refractivity contribution in [3.63, 3.8) is 0 Å². The Morgan fingerprint density at radius 3 is 2.70 bits per heavy atom. The second-order valence-corrected chi connectivity index (χ2v) is 7.97. The molecule has 5 nitrogen and oxygen atoms in total. The van der Waals surface area contributed by atoms with Gasteiger partial charge in [0.1, 0.15) is 5.75 Å². The lowest BCUT2D eigenvalue weighted by molar-refractivity contribution is -0.127. The van der Waals surface area contributed by atoms with Gasteiger partial charge in [-0.15, -0.1) is 11.3 Å². The lowest BCUT2D eigenvalue weighted by Gasteiger charge is -2.31. The normalized spacial score (nSPS) is 16.4. The molecule has 0 saturated carbocycles. The first-order valence-electron chi connectivity index (χ1n) is 9.33. The highest BCUT2D eigenvalue weighted by Crippen LogP contribution is 2.20. The van der Waals surface area contributed by atoms with Crippen LogP contribution in [0.3, 0.4) is 0 Å². The van der Waals surface area contributed by atoms with E-state index in [1.54, 1.807) is 31.2 Å². The minimum atomic E-state index is -0.558. The van der Waals surface area contributed by atoms with Gasteiger partial charge in [-0.1, -0.05) is 6.07 Å². The largest absolute Gasteiger partial charge is 0.481 e. The van der Waals surface area contributed by atoms with Crippen molar-refractivity contribution in [2.24, 2.45) is 5.92 Å². The van der Waals surface area contributed by atoms with E-state index in [0.717, 1.165) is 32.5 Å². The summed E-state index contributed by atoms with van der Waals surface area (Å²) in [5.74, 6) is 1.02. The molecule has 1 aliphatic rings. The number of carbonyl (C=O) groups excluding carboxylic acids is 1. The quantitative estimate of drug-likeness (QED) is 0.796. The monoisotopic (exact) mass is 383 g/mol. The van der Waals surface area contributed by atoms with Gasteiger partial charge >= 0.3 is 0 Å². The van der Waals surface area contributed by atoms with Gasteiger partial charge in [0.2, 0.25) is 0 Å². The fourth-order valence-corrected chi connectivity index (χ4v) is 3.97. The second-order valence-electron chi connectivity index (χ2n) is 6.94. The number of amides is 1. The number of nitrogens with one attached hydrogen (secondary N) is 1. The molecule has 0 radical (unpaired) electrons. The molecular weight excluding hydrogens is 358 g/mol. The van der Waals surface area contributed by atoms with Crippen molar-refractivity contribution in [3.05, 3.63) is 52.2 Å². The summed E-state index contributed by atoms with van der Waals surface area (Å²) < 4.78 is 5.66. The Hall–Kier alpha value is -2.36. The standard InChI is InChI=1S/C21H25N3O2S/c1-16(26-19-6-4-17(13-22)5-7-19)21(25)23-14-18-8-10-24(11-9-18)15-20-3-2-12-27-20/h2-7,12,16,18H,8-11,14-15H2,1H3,(H,23,25). The number of nitrogens with zero attached hydrogens (tertiary/aromatic N) is 2. The van der Waals surface area contributed by atoms with Gasteiger partial charge in [-0.05, 0) is 74.5 Å². The summed E-state index contributed by atoms with van der Waals surface area (Å²) in [6.07, 6.45) is 1.66. The van der Waals surface area contributed by atoms with Crippen molar-refractivity contribution in [3.8, 4) is 11.8 Å². The van der Waals surface area contributed by atoms with Crippen LogP contribution in [-0.2, 0) is 11.3 Å². The van der Waals surface area contributed by atoms with E-state index in [-0.39, 0.29) is 5.91 Å². The number of piperidine rings is 1. The second kappa shape index (κ2) is 9.54. The first kappa shape index (κ1) is 19.4. The fourth-order valence-electron chi connectivity index (χ4n) is 3.23. The van der Waals surface area contributed by atoms with Crippen LogP contribution in [0.15, 0.2) is 41.8 Å². The van der Waals surface area contributed by atoms with Crippen LogP contribution in [0, 0.1) is 17.2 Å². The maximum absolute atomic E-state index is 12.3. The molecule has 0 spiro atoms. The predicted octanol–water partition coefficient (Wildman–Crippen LogP) is 3.42. The summed E-state index contributed by atoms with van der Waals surface area (Å²) in [5.41, 5.74) is 0.574. The van der Waals surface area contributed by atoms with Crippen LogP contribution in [0.25, 0.3) is 0 Å². The van der Waals surface area contributed by atoms with Gasteiger partial charge in [0.25, 0.3) is 5.91 Å². The molecule has 1 aromatic heterocycles. The third-order valence-electron chi connectivity index (χ3n) is 4.90. The number of nitriles is 1. The topological polar surface area (TPSA) is 65.4 Å². The first-order chi connectivity index (χ1) is 13.1. The molecule has 1 saturated heterocycles. The van der Waals surface area contributed by atoms with Gasteiger partial charge in [-0.25, -0.2) is 0 Å². The van der Waals surface area contributed by atoms with Crippen molar-refractivity contribution in [2.75, 3.05) is 19.6 Å². The summed E-state index contributed by atoms with van der Waals surface area (Å²) in [4.78, 5) is 16.2. The van der Waals surface area contributed by atoms with Gasteiger partial charge in [0, 0.05) is 18.0 Å². The molecule has 6 heteroatoms. The number of thiophene rings is 1. The summed E-state index contributed by atoms with van der Waals surface area (Å²) in [5, 5.41) is 14.0. The molecule has 1 N–H and O–H groups in total. The number of rotatable bonds is 7. The molecule has 0 aliphatic carbocycles. The van der Waals surface area contributed by atoms with Gasteiger partial charge in [0.05, 0.1) is 11.6 Å². The van der Waals surface area contributed by atoms with E-state index in [2.05, 4.69) is 33.8 Å². The number of hydrogen-bond donors (Lipinski definition) is 1. The Morgan fingerprint density at radius 1 is 1.33 bits per heavy atom. The van der Waals surface area contributed by atoms with Crippen LogP contribution in [0.1, 0.15) is 30.2 Å². The lowest BCUT2D eigenvalue weighted by Crippen LogP contribution is -2.42. The molecule has 1 aliphatic heterocycles. The number of benzene rings is 1. The van der Waals surface area contributed by atoms with Crippen molar-refractivity contribution < 1.29 is 9.53 Å². The summed E-state index contributed by atoms with van der Waals surface area (Å²) in [6, 6.07) is 13.1. The minimum absolute atomic E-state index is 0.0969. The van der Waals surface area contributed by atoms with Gasteiger partial charge in [-0.3, -0.25) is 9.69 Å². The fraction of sp³-hybridized carbons (Fsp3) is 0.429. The molecule has 1 unspecified atom stereocenters. The maximum Gasteiger partial charge on any atom is 0.260 e. The van der Waals surface area contributed by atoms with Gasteiger partial charge in [-0.2, -0.15) is 5.26 Å². The third kappa shape index (κ3) is 5.81. The Bertz CT molecular complexity index is 760. The van der Waals surface area contributed by atoms with E-state index >= 15 is 0 Å². The van der Waals surface area contributed by atoms with E-state index in [9.17, 15) is 4.79 Å². The van der Waals surface area contributed by atoms with Gasteiger partial charge < -0.3 is 10.1 Å². The van der Waals surface area contributed by atoms with Crippen LogP contribution in [0.4, 0.5) is 0 Å². The van der Waals surface area contributed by atoms with E-state index < -0.39 is 6.10 Å². The molecule has 2 aromatic rings. The zero-order valence-electron chi connectivity index (χ0n) is 15.6. The van der Waals surface area contributed by atoms with Crippen LogP contribution in [0.2, 0.25) is 0 Å². The van der Waals surface area contributed by atoms with Crippen molar-refractivity contribution in [1.29, 1.82) is 5.26 Å². The summed E-state index contributed by atoms with van der Waals surface area (Å²) in [7, 11) is 0. The SMILES string of the molecule is CC(Oc1ccc(C#N)cc1)C(=O)NCC1CCN(Cc2cccs2)CC1. The molecule has 1 fully saturated rings. The third-order valence-corrected chi connectivity index (χ3v) is 5.76. The molecule has 27 heavy (non-hydrogen) atoms. The van der Waals surface area contributed by atoms with Crippen LogP contribution < -0.4 is 10.1 Å². The Labute approximate surface area is 164 Å². The predicted molar refractivity (Wildman–Crippen MR) is 107 cm³/mol. The Balaban J connectivity index is 1.36. The van der Waals surface area contributed by atoms with Crippen molar-refractivity contribution in [2.45, 2.75) is 32.4 Å². The molecule has 0 bridgehead atoms. The molecule has 3 rings (SSSR count). The Morgan fingerprint density at radius 2 is 2.07 bits per heavy atom. The highest BCUT2D eigenvalue weighted by Gasteiger charge is 2.21. The highest BCUT2D eigenvalue weighted by atomic mass is 32.1. The molecule has 1 aromatic carbocycles. The van der Waals surface area contributed by atoms with Crippen molar-refractivity contribution in [1.82, 2.24) is 10.2 Å². The number of carbonyl (C=O) groups is 1. The Kier molecular flexibility index (Phi) is 6.86.